The highest BCUT2D eigenvalue weighted by Crippen LogP contribution is 2.41. The van der Waals surface area contributed by atoms with Crippen LogP contribution in [0.4, 0.5) is 17.3 Å². The summed E-state index contributed by atoms with van der Waals surface area (Å²) in [5, 5.41) is 2.19. The molecule has 7 aromatic rings. The molecule has 0 fully saturated rings. The Balaban J connectivity index is 1.18. The highest BCUT2D eigenvalue weighted by atomic mass is 16.5. The van der Waals surface area contributed by atoms with Gasteiger partial charge >= 0.3 is 0 Å². The molecular weight excluding hydrogens is 506 g/mol. The number of fused-ring (bicyclic) bond motifs is 5. The average Bonchev–Trinajstić information content (AvgIpc) is 3.32. The summed E-state index contributed by atoms with van der Waals surface area (Å²) >= 11 is 0. The van der Waals surface area contributed by atoms with Crippen LogP contribution in [0.2, 0.25) is 0 Å². The SMILES string of the molecule is C1=Cc2cccnc2N(c2cccc(Oc3cccc(-c4cccc5oc6ccccc6c45)c3)n2)c2ccccc21. The topological polar surface area (TPSA) is 51.4 Å². The van der Waals surface area contributed by atoms with Gasteiger partial charge in [0.1, 0.15) is 28.6 Å². The molecule has 0 spiro atoms. The maximum atomic E-state index is 6.36. The molecule has 0 unspecified atom stereocenters. The molecule has 4 aromatic carbocycles. The van der Waals surface area contributed by atoms with Crippen molar-refractivity contribution in [2.24, 2.45) is 0 Å². The molecule has 0 saturated heterocycles. The average molecular weight is 530 g/mol. The summed E-state index contributed by atoms with van der Waals surface area (Å²) in [7, 11) is 0. The lowest BCUT2D eigenvalue weighted by molar-refractivity contribution is 0.463. The first-order chi connectivity index (χ1) is 20.3. The van der Waals surface area contributed by atoms with E-state index in [1.807, 2.05) is 91.1 Å². The van der Waals surface area contributed by atoms with E-state index in [1.165, 1.54) is 0 Å². The van der Waals surface area contributed by atoms with Gasteiger partial charge in [-0.2, -0.15) is 4.98 Å². The predicted octanol–water partition coefficient (Wildman–Crippen LogP) is 9.79. The number of nitrogens with zero attached hydrogens (tertiary/aromatic N) is 3. The van der Waals surface area contributed by atoms with Crippen molar-refractivity contribution in [2.45, 2.75) is 0 Å². The molecule has 1 aliphatic rings. The van der Waals surface area contributed by atoms with E-state index < -0.39 is 0 Å². The fourth-order valence-corrected chi connectivity index (χ4v) is 5.53. The minimum atomic E-state index is 0.499. The first-order valence-corrected chi connectivity index (χ1v) is 13.5. The van der Waals surface area contributed by atoms with Crippen molar-refractivity contribution >= 4 is 51.4 Å². The predicted molar refractivity (Wildman–Crippen MR) is 165 cm³/mol. The van der Waals surface area contributed by atoms with E-state index in [-0.39, 0.29) is 0 Å². The van der Waals surface area contributed by atoms with Crippen molar-refractivity contribution in [3.63, 3.8) is 0 Å². The quantitative estimate of drug-likeness (QED) is 0.227. The van der Waals surface area contributed by atoms with Gasteiger partial charge in [-0.15, -0.1) is 0 Å². The second-order valence-electron chi connectivity index (χ2n) is 9.88. The van der Waals surface area contributed by atoms with Crippen LogP contribution in [0.3, 0.4) is 0 Å². The number of pyridine rings is 2. The Morgan fingerprint density at radius 3 is 2.46 bits per heavy atom. The lowest BCUT2D eigenvalue weighted by atomic mass is 9.99. The zero-order valence-electron chi connectivity index (χ0n) is 21.9. The Kier molecular flexibility index (Phi) is 5.38. The molecule has 0 atom stereocenters. The van der Waals surface area contributed by atoms with Crippen LogP contribution in [0.1, 0.15) is 11.1 Å². The number of benzene rings is 4. The molecule has 0 aliphatic carbocycles. The first kappa shape index (κ1) is 23.2. The molecule has 3 aromatic heterocycles. The molecule has 8 rings (SSSR count). The number of ether oxygens (including phenoxy) is 1. The van der Waals surface area contributed by atoms with Gasteiger partial charge in [0.15, 0.2) is 0 Å². The normalized spacial score (nSPS) is 12.2. The summed E-state index contributed by atoms with van der Waals surface area (Å²) in [6.45, 7) is 0. The highest BCUT2D eigenvalue weighted by Gasteiger charge is 2.22. The van der Waals surface area contributed by atoms with Gasteiger partial charge in [-0.1, -0.05) is 78.9 Å². The van der Waals surface area contributed by atoms with E-state index >= 15 is 0 Å². The minimum absolute atomic E-state index is 0.499. The van der Waals surface area contributed by atoms with Gasteiger partial charge in [-0.3, -0.25) is 4.90 Å². The number of anilines is 3. The summed E-state index contributed by atoms with van der Waals surface area (Å²) in [6.07, 6.45) is 6.02. The minimum Gasteiger partial charge on any atom is -0.456 e. The molecule has 1 aliphatic heterocycles. The molecule has 0 radical (unpaired) electrons. The maximum Gasteiger partial charge on any atom is 0.221 e. The summed E-state index contributed by atoms with van der Waals surface area (Å²) in [6, 6.07) is 40.5. The van der Waals surface area contributed by atoms with Gasteiger partial charge in [0.05, 0.1) is 5.69 Å². The highest BCUT2D eigenvalue weighted by molar-refractivity contribution is 6.12. The van der Waals surface area contributed by atoms with Gasteiger partial charge in [0, 0.05) is 28.6 Å². The largest absolute Gasteiger partial charge is 0.456 e. The molecule has 41 heavy (non-hydrogen) atoms. The fraction of sp³-hybridized carbons (Fsp3) is 0. The van der Waals surface area contributed by atoms with Gasteiger partial charge in [0.25, 0.3) is 0 Å². The van der Waals surface area contributed by atoms with E-state index in [9.17, 15) is 0 Å². The van der Waals surface area contributed by atoms with Gasteiger partial charge in [-0.05, 0) is 65.2 Å². The van der Waals surface area contributed by atoms with Gasteiger partial charge < -0.3 is 9.15 Å². The summed E-state index contributed by atoms with van der Waals surface area (Å²) < 4.78 is 12.5. The molecular formula is C36H23N3O2. The van der Waals surface area contributed by atoms with Crippen molar-refractivity contribution in [3.05, 3.63) is 139 Å². The molecule has 5 nitrogen and oxygen atoms in total. The molecule has 5 heteroatoms. The number of para-hydroxylation sites is 2. The van der Waals surface area contributed by atoms with Crippen LogP contribution >= 0.6 is 0 Å². The van der Waals surface area contributed by atoms with Crippen molar-refractivity contribution in [2.75, 3.05) is 4.90 Å². The smallest absolute Gasteiger partial charge is 0.221 e. The first-order valence-electron chi connectivity index (χ1n) is 13.5. The lowest BCUT2D eigenvalue weighted by Crippen LogP contribution is -2.14. The lowest BCUT2D eigenvalue weighted by Gasteiger charge is -2.25. The molecule has 0 amide bonds. The number of hydrogen-bond acceptors (Lipinski definition) is 5. The molecule has 0 bridgehead atoms. The van der Waals surface area contributed by atoms with Gasteiger partial charge in [0.2, 0.25) is 5.88 Å². The Bertz CT molecular complexity index is 2060. The summed E-state index contributed by atoms with van der Waals surface area (Å²) in [4.78, 5) is 11.7. The zero-order chi connectivity index (χ0) is 27.2. The number of furan rings is 1. The third-order valence-corrected chi connectivity index (χ3v) is 7.36. The molecule has 4 heterocycles. The molecule has 0 saturated carbocycles. The number of hydrogen-bond donors (Lipinski definition) is 0. The third kappa shape index (κ3) is 4.03. The number of rotatable bonds is 4. The van der Waals surface area contributed by atoms with Crippen LogP contribution in [0, 0.1) is 0 Å². The van der Waals surface area contributed by atoms with Crippen molar-refractivity contribution in [1.82, 2.24) is 9.97 Å². The van der Waals surface area contributed by atoms with Crippen molar-refractivity contribution in [1.29, 1.82) is 0 Å². The Morgan fingerprint density at radius 2 is 1.46 bits per heavy atom. The summed E-state index contributed by atoms with van der Waals surface area (Å²) in [5.41, 5.74) is 7.00. The van der Waals surface area contributed by atoms with Crippen LogP contribution in [0.15, 0.2) is 132 Å². The van der Waals surface area contributed by atoms with Crippen molar-refractivity contribution < 1.29 is 9.15 Å². The molecule has 194 valence electrons. The van der Waals surface area contributed by atoms with E-state index in [2.05, 4.69) is 53.5 Å². The van der Waals surface area contributed by atoms with E-state index in [4.69, 9.17) is 19.1 Å². The second kappa shape index (κ2) is 9.50. The summed E-state index contributed by atoms with van der Waals surface area (Å²) in [5.74, 6) is 2.75. The third-order valence-electron chi connectivity index (χ3n) is 7.36. The Morgan fingerprint density at radius 1 is 0.659 bits per heavy atom. The second-order valence-corrected chi connectivity index (χ2v) is 9.88. The van der Waals surface area contributed by atoms with Crippen LogP contribution in [0.25, 0.3) is 45.2 Å². The van der Waals surface area contributed by atoms with E-state index in [0.717, 1.165) is 61.5 Å². The van der Waals surface area contributed by atoms with E-state index in [1.54, 1.807) is 0 Å². The van der Waals surface area contributed by atoms with Crippen molar-refractivity contribution in [3.8, 4) is 22.8 Å². The van der Waals surface area contributed by atoms with E-state index in [0.29, 0.717) is 11.6 Å². The van der Waals surface area contributed by atoms with Crippen LogP contribution in [-0.4, -0.2) is 9.97 Å². The monoisotopic (exact) mass is 529 g/mol. The maximum absolute atomic E-state index is 6.36. The Labute approximate surface area is 236 Å². The van der Waals surface area contributed by atoms with Crippen LogP contribution in [-0.2, 0) is 0 Å². The number of aromatic nitrogens is 2. The zero-order valence-corrected chi connectivity index (χ0v) is 21.9. The Hall–Kier alpha value is -5.68. The standard InChI is InChI=1S/C36H23N3O2/c1-3-15-30-24(9-1)20-21-25-11-8-22-37-36(25)39(30)33-18-7-19-34(38-33)40-27-12-5-10-26(23-27)28-14-6-17-32-35(28)29-13-2-4-16-31(29)41-32/h1-23H. The molecule has 0 N–H and O–H groups in total. The fourth-order valence-electron chi connectivity index (χ4n) is 5.53. The van der Waals surface area contributed by atoms with Crippen LogP contribution < -0.4 is 9.64 Å². The van der Waals surface area contributed by atoms with Crippen LogP contribution in [0.5, 0.6) is 11.6 Å². The van der Waals surface area contributed by atoms with Gasteiger partial charge in [-0.25, -0.2) is 4.98 Å².